The van der Waals surface area contributed by atoms with Crippen molar-refractivity contribution in [2.24, 2.45) is 0 Å². The fraction of sp³-hybridized carbons (Fsp3) is 0.275. The summed E-state index contributed by atoms with van der Waals surface area (Å²) < 4.78 is 24.7. The normalized spacial score (nSPS) is 17.1. The summed E-state index contributed by atoms with van der Waals surface area (Å²) in [5, 5.41) is 4.19. The van der Waals surface area contributed by atoms with Crippen LogP contribution in [-0.4, -0.2) is 14.4 Å². The zero-order chi connectivity index (χ0) is 82.3. The quantitative estimate of drug-likeness (QED) is 0.0806. The lowest BCUT2D eigenvalue weighted by atomic mass is 9.79. The molecule has 0 fully saturated rings. The average molecular weight is 1570 g/mol. The monoisotopic (exact) mass is 1570 g/mol. The molecular formula is C109H106NO3P2Si+. The van der Waals surface area contributed by atoms with Crippen molar-refractivity contribution in [3.05, 3.63) is 336 Å². The third kappa shape index (κ3) is 11.3. The molecule has 0 radical (unpaired) electrons. The molecule has 0 saturated heterocycles. The second-order valence-corrected chi connectivity index (χ2v) is 47.2. The van der Waals surface area contributed by atoms with Gasteiger partial charge < -0.3 is 5.73 Å². The third-order valence-corrected chi connectivity index (χ3v) is 32.7. The first-order valence-corrected chi connectivity index (χ1v) is 47.1. The third-order valence-electron chi connectivity index (χ3n) is 28.7. The molecule has 0 heterocycles. The Labute approximate surface area is 691 Å². The lowest BCUT2D eigenvalue weighted by Crippen LogP contribution is -2.38. The van der Waals surface area contributed by atoms with Crippen molar-refractivity contribution in [2.45, 2.75) is 195 Å². The molecule has 4 nitrogen and oxygen atoms in total. The van der Waals surface area contributed by atoms with Gasteiger partial charge in [0.05, 0.1) is 8.07 Å². The highest BCUT2D eigenvalue weighted by Crippen LogP contribution is 2.62. The molecule has 21 rings (SSSR count). The molecule has 1 atom stereocenters. The predicted molar refractivity (Wildman–Crippen MR) is 494 cm³/mol. The standard InChI is InChI=1S/C31H28OP.C27H31NSi.C26H24O.C25H23OP/c1-19-11-13-22-24-17-29-25(18-28(24)30(2,3)26(22)15-19)23-14-12-21(16-27(23)31(29,4)5)33(32)20-9-7-6-8-10-20;1-26(2)22-12-16(28)8-10-18(22)20-14-25-21(15-24(20)26)19-11-9-17(29(5,6)7)13-23(19)27(25,3)4;1-15-6-8-17-19-12-24-20(13-23(19)25(2,3)21(17)10-15)18-9-7-16(14-27)11-22(18)26(24,4)5;1-14-6-8-16-18-12-23-19(13-22(18)24(2,3)20(16)10-14)17-9-7-15(27-26)11-21(17)25(23,4)5/h6-18H,1-5H3;8-15H,28H2,1-7H3;6-14H,1-5H3;6-13H,1-5H3/q+1;;;. The lowest BCUT2D eigenvalue weighted by Gasteiger charge is -2.25. The summed E-state index contributed by atoms with van der Waals surface area (Å²) in [4.78, 5) is 11.3. The largest absolute Gasteiger partial charge is 0.415 e. The van der Waals surface area contributed by atoms with E-state index in [1.807, 2.05) is 48.5 Å². The summed E-state index contributed by atoms with van der Waals surface area (Å²) in [7, 11) is -2.86. The van der Waals surface area contributed by atoms with Gasteiger partial charge in [-0.05, 0) is 308 Å². The lowest BCUT2D eigenvalue weighted by molar-refractivity contribution is 0.112. The molecule has 7 heteroatoms. The van der Waals surface area contributed by atoms with Crippen molar-refractivity contribution < 1.29 is 13.9 Å². The van der Waals surface area contributed by atoms with Crippen LogP contribution in [-0.2, 0) is 52.5 Å². The van der Waals surface area contributed by atoms with Crippen molar-refractivity contribution >= 4 is 57.4 Å². The van der Waals surface area contributed by atoms with Crippen LogP contribution in [0.25, 0.3) is 89.0 Å². The van der Waals surface area contributed by atoms with E-state index in [4.69, 9.17) is 5.73 Å². The van der Waals surface area contributed by atoms with Crippen LogP contribution in [0.4, 0.5) is 5.69 Å². The number of carbonyl (C=O) groups excluding carboxylic acids is 1. The van der Waals surface area contributed by atoms with Gasteiger partial charge in [-0.25, -0.2) is 0 Å². The fourth-order valence-corrected chi connectivity index (χ4v) is 24.3. The summed E-state index contributed by atoms with van der Waals surface area (Å²) >= 11 is 0. The molecule has 116 heavy (non-hydrogen) atoms. The van der Waals surface area contributed by atoms with Crippen LogP contribution in [0.3, 0.4) is 0 Å². The predicted octanol–water partition coefficient (Wildman–Crippen LogP) is 26.8. The molecule has 578 valence electrons. The summed E-state index contributed by atoms with van der Waals surface area (Å²) in [6.07, 6.45) is 0.945. The molecule has 0 aromatic heterocycles. The molecule has 8 aliphatic carbocycles. The highest BCUT2D eigenvalue weighted by Gasteiger charge is 2.48. The molecule has 13 aromatic rings. The number of anilines is 1. The van der Waals surface area contributed by atoms with Crippen LogP contribution in [0, 0.1) is 20.8 Å². The Bertz CT molecular complexity index is 6360. The van der Waals surface area contributed by atoms with E-state index in [0.29, 0.717) is 0 Å². The number of nitrogen functional groups attached to an aromatic ring is 1. The van der Waals surface area contributed by atoms with Gasteiger partial charge in [0, 0.05) is 59.9 Å². The molecule has 13 aromatic carbocycles. The summed E-state index contributed by atoms with van der Waals surface area (Å²) in [6.45, 7) is 51.0. The molecule has 0 spiro atoms. The second-order valence-electron chi connectivity index (χ2n) is 39.8. The maximum Gasteiger partial charge on any atom is 0.415 e. The van der Waals surface area contributed by atoms with E-state index in [-0.39, 0.29) is 51.8 Å². The number of hydrogen-bond acceptors (Lipinski definition) is 4. The number of fused-ring (bicyclic) bond motifs is 24. The maximum atomic E-state index is 13.3. The summed E-state index contributed by atoms with van der Waals surface area (Å²) in [5.41, 5.74) is 55.1. The number of aldehydes is 1. The van der Waals surface area contributed by atoms with Gasteiger partial charge in [0.2, 0.25) is 0 Å². The Balaban J connectivity index is 0.000000107. The van der Waals surface area contributed by atoms with Crippen LogP contribution in [0.1, 0.15) is 227 Å². The molecule has 0 amide bonds. The molecule has 0 aliphatic heterocycles. The Morgan fingerprint density at radius 1 is 0.284 bits per heavy atom. The number of aryl methyl sites for hydroxylation is 3. The Kier molecular flexibility index (Phi) is 17.2. The van der Waals surface area contributed by atoms with Crippen LogP contribution in [0.2, 0.25) is 19.6 Å². The first-order valence-electron chi connectivity index (χ1n) is 41.5. The van der Waals surface area contributed by atoms with E-state index in [1.165, 1.54) is 195 Å². The van der Waals surface area contributed by atoms with E-state index < -0.39 is 15.9 Å². The van der Waals surface area contributed by atoms with E-state index >= 15 is 0 Å². The Morgan fingerprint density at radius 2 is 0.560 bits per heavy atom. The van der Waals surface area contributed by atoms with Crippen LogP contribution < -0.4 is 26.8 Å². The van der Waals surface area contributed by atoms with Gasteiger partial charge in [-0.15, -0.1) is 0 Å². The Morgan fingerprint density at radius 3 is 0.905 bits per heavy atom. The topological polar surface area (TPSA) is 77.2 Å². The van der Waals surface area contributed by atoms with Gasteiger partial charge >= 0.3 is 7.80 Å². The van der Waals surface area contributed by atoms with Gasteiger partial charge in [0.15, 0.2) is 19.1 Å². The van der Waals surface area contributed by atoms with Gasteiger partial charge in [0.1, 0.15) is 6.29 Å². The summed E-state index contributed by atoms with van der Waals surface area (Å²) in [5.74, 6) is 0. The van der Waals surface area contributed by atoms with Gasteiger partial charge in [0.25, 0.3) is 0 Å². The SMILES string of the molecule is CC1(C)c2cc(N)ccc2-c2cc3c(cc21)-c1ccc([Si](C)(C)C)cc1C3(C)C.Cc1ccc2c(c1)C(C)(C)c1cc3c(cc1-2)C(C)(C)c1cc(C=O)ccc1-3.Cc1ccc2c(c1)C(C)(C)c1cc3c(cc1-2)C(C)(C)c1cc(P=O)ccc1-3.Cc1ccc2c(c1)C(C)(C)c1cc3c(cc1-2)C(C)(C)c1cc([P+](=O)c2ccccc2)ccc1-3. The van der Waals surface area contributed by atoms with E-state index in [1.54, 1.807) is 5.19 Å². The fourth-order valence-electron chi connectivity index (χ4n) is 21.6. The van der Waals surface area contributed by atoms with E-state index in [2.05, 4.69) is 327 Å². The molecule has 1 unspecified atom stereocenters. The highest BCUT2D eigenvalue weighted by molar-refractivity contribution is 7.61. The second kappa shape index (κ2) is 25.9. The molecule has 2 N–H and O–H groups in total. The van der Waals surface area contributed by atoms with Crippen LogP contribution in [0.15, 0.2) is 224 Å². The van der Waals surface area contributed by atoms with Crippen LogP contribution in [0.5, 0.6) is 0 Å². The van der Waals surface area contributed by atoms with Crippen molar-refractivity contribution in [3.8, 4) is 89.0 Å². The van der Waals surface area contributed by atoms with Crippen molar-refractivity contribution in [1.29, 1.82) is 0 Å². The first-order chi connectivity index (χ1) is 54.6. The Hall–Kier alpha value is -10.3. The molecule has 8 aliphatic rings. The molecule has 0 bridgehead atoms. The maximum absolute atomic E-state index is 13.3. The van der Waals surface area contributed by atoms with Crippen LogP contribution >= 0.6 is 16.3 Å². The number of nitrogens with two attached hydrogens (primary N) is 1. The first kappa shape index (κ1) is 77.0. The zero-order valence-electron chi connectivity index (χ0n) is 71.6. The molecule has 0 saturated carbocycles. The van der Waals surface area contributed by atoms with Crippen molar-refractivity contribution in [2.75, 3.05) is 5.73 Å². The average Bonchev–Trinajstić information content (AvgIpc) is 1.56. The number of hydrogen-bond donors (Lipinski definition) is 1. The summed E-state index contributed by atoms with van der Waals surface area (Å²) in [6, 6.07) is 82.3. The minimum atomic E-state index is -1.60. The van der Waals surface area contributed by atoms with E-state index in [0.717, 1.165) is 33.5 Å². The number of rotatable bonds is 5. The minimum Gasteiger partial charge on any atom is -0.399 e. The smallest absolute Gasteiger partial charge is 0.399 e. The highest BCUT2D eigenvalue weighted by atomic mass is 31.1. The minimum absolute atomic E-state index is 0.00134. The van der Waals surface area contributed by atoms with Crippen molar-refractivity contribution in [1.82, 2.24) is 0 Å². The van der Waals surface area contributed by atoms with Gasteiger partial charge in [-0.2, -0.15) is 0 Å². The molecular weight excluding hydrogens is 1460 g/mol. The van der Waals surface area contributed by atoms with Crippen molar-refractivity contribution in [3.63, 3.8) is 0 Å². The van der Waals surface area contributed by atoms with Gasteiger partial charge in [-0.1, -0.05) is 272 Å². The zero-order valence-corrected chi connectivity index (χ0v) is 74.4. The number of benzene rings is 13. The number of carbonyl (C=O) groups is 1. The van der Waals surface area contributed by atoms with E-state index in [9.17, 15) is 13.9 Å². The van der Waals surface area contributed by atoms with Gasteiger partial charge in [-0.3, -0.25) is 9.36 Å².